The van der Waals surface area contributed by atoms with Crippen molar-refractivity contribution in [2.75, 3.05) is 25.6 Å². The van der Waals surface area contributed by atoms with Crippen LogP contribution in [-0.4, -0.2) is 36.7 Å². The average molecular weight is 196 g/mol. The third kappa shape index (κ3) is 2.32. The largest absolute Gasteiger partial charge is 0.481 e. The summed E-state index contributed by atoms with van der Waals surface area (Å²) in [5.41, 5.74) is 5.55. The number of likely N-dealkylation sites (N-methyl/N-ethyl adjacent to an activating group) is 1. The second kappa shape index (κ2) is 4.76. The Balaban J connectivity index is 2.83. The van der Waals surface area contributed by atoms with Crippen LogP contribution in [0.5, 0.6) is 5.88 Å². The number of rotatable bonds is 4. The molecule has 5 nitrogen and oxygen atoms in total. The predicted octanol–water partition coefficient (Wildman–Crippen LogP) is 0.269. The van der Waals surface area contributed by atoms with Crippen molar-refractivity contribution in [2.24, 2.45) is 5.73 Å². The molecule has 0 aliphatic heterocycles. The van der Waals surface area contributed by atoms with Crippen LogP contribution in [0.4, 0.5) is 5.95 Å². The molecule has 1 atom stereocenters. The number of hydrogen-bond acceptors (Lipinski definition) is 5. The van der Waals surface area contributed by atoms with Crippen LogP contribution in [0, 0.1) is 0 Å². The van der Waals surface area contributed by atoms with Crippen molar-refractivity contribution in [1.29, 1.82) is 0 Å². The molecule has 0 fully saturated rings. The first-order valence-electron chi connectivity index (χ1n) is 4.49. The zero-order chi connectivity index (χ0) is 10.6. The fraction of sp³-hybridized carbons (Fsp3) is 0.556. The topological polar surface area (TPSA) is 64.3 Å². The molecule has 0 saturated carbocycles. The van der Waals surface area contributed by atoms with Gasteiger partial charge in [0, 0.05) is 31.9 Å². The van der Waals surface area contributed by atoms with Crippen LogP contribution in [0.25, 0.3) is 0 Å². The van der Waals surface area contributed by atoms with E-state index < -0.39 is 0 Å². The highest BCUT2D eigenvalue weighted by molar-refractivity contribution is 5.32. The molecule has 0 radical (unpaired) electrons. The van der Waals surface area contributed by atoms with Crippen molar-refractivity contribution in [2.45, 2.75) is 13.0 Å². The Hall–Kier alpha value is -1.36. The minimum atomic E-state index is 0.210. The van der Waals surface area contributed by atoms with Gasteiger partial charge in [0.15, 0.2) is 0 Å². The first-order valence-corrected chi connectivity index (χ1v) is 4.49. The van der Waals surface area contributed by atoms with E-state index in [2.05, 4.69) is 9.97 Å². The molecule has 1 rings (SSSR count). The van der Waals surface area contributed by atoms with Crippen LogP contribution in [0.15, 0.2) is 12.3 Å². The Morgan fingerprint density at radius 1 is 1.64 bits per heavy atom. The molecule has 1 aromatic heterocycles. The molecule has 1 unspecified atom stereocenters. The lowest BCUT2D eigenvalue weighted by Gasteiger charge is -2.23. The molecular weight excluding hydrogens is 180 g/mol. The van der Waals surface area contributed by atoms with Crippen LogP contribution < -0.4 is 15.4 Å². The van der Waals surface area contributed by atoms with E-state index >= 15 is 0 Å². The molecule has 1 heterocycles. The Morgan fingerprint density at radius 3 is 2.93 bits per heavy atom. The maximum atomic E-state index is 5.55. The molecule has 78 valence electrons. The molecule has 0 bridgehead atoms. The van der Waals surface area contributed by atoms with Gasteiger partial charge in [-0.15, -0.1) is 0 Å². The maximum Gasteiger partial charge on any atom is 0.228 e. The monoisotopic (exact) mass is 196 g/mol. The van der Waals surface area contributed by atoms with Gasteiger partial charge >= 0.3 is 0 Å². The Labute approximate surface area is 83.9 Å². The molecule has 0 aromatic carbocycles. The summed E-state index contributed by atoms with van der Waals surface area (Å²) in [6, 6.07) is 1.92. The van der Waals surface area contributed by atoms with E-state index in [9.17, 15) is 0 Å². The maximum absolute atomic E-state index is 5.55. The summed E-state index contributed by atoms with van der Waals surface area (Å²) in [5.74, 6) is 1.19. The molecule has 0 aliphatic rings. The highest BCUT2D eigenvalue weighted by atomic mass is 16.5. The van der Waals surface area contributed by atoms with Crippen LogP contribution in [0.2, 0.25) is 0 Å². The van der Waals surface area contributed by atoms with Crippen LogP contribution >= 0.6 is 0 Å². The number of anilines is 1. The first kappa shape index (κ1) is 10.7. The fourth-order valence-electron chi connectivity index (χ4n) is 0.971. The smallest absolute Gasteiger partial charge is 0.228 e. The summed E-state index contributed by atoms with van der Waals surface area (Å²) in [6.45, 7) is 2.58. The molecule has 2 N–H and O–H groups in total. The minimum Gasteiger partial charge on any atom is -0.481 e. The normalized spacial score (nSPS) is 12.3. The second-order valence-corrected chi connectivity index (χ2v) is 3.09. The number of methoxy groups -OCH3 is 1. The molecule has 0 amide bonds. The number of hydrogen-bond donors (Lipinski definition) is 1. The zero-order valence-electron chi connectivity index (χ0n) is 8.77. The van der Waals surface area contributed by atoms with Gasteiger partial charge in [0.1, 0.15) is 0 Å². The summed E-state index contributed by atoms with van der Waals surface area (Å²) in [5, 5.41) is 0. The highest BCUT2D eigenvalue weighted by Crippen LogP contribution is 2.12. The van der Waals surface area contributed by atoms with Crippen molar-refractivity contribution < 1.29 is 4.74 Å². The van der Waals surface area contributed by atoms with E-state index in [-0.39, 0.29) is 6.04 Å². The van der Waals surface area contributed by atoms with Crippen molar-refractivity contribution in [3.05, 3.63) is 12.3 Å². The van der Waals surface area contributed by atoms with Gasteiger partial charge in [-0.1, -0.05) is 0 Å². The lowest BCUT2D eigenvalue weighted by molar-refractivity contribution is 0.396. The van der Waals surface area contributed by atoms with Gasteiger partial charge in [-0.3, -0.25) is 0 Å². The fourth-order valence-corrected chi connectivity index (χ4v) is 0.971. The quantitative estimate of drug-likeness (QED) is 0.748. The molecule has 0 aliphatic carbocycles. The SMILES string of the molecule is COc1ccnc(N(C)C(C)CN)n1. The van der Waals surface area contributed by atoms with Crippen molar-refractivity contribution >= 4 is 5.95 Å². The summed E-state index contributed by atoms with van der Waals surface area (Å²) < 4.78 is 5.01. The summed E-state index contributed by atoms with van der Waals surface area (Å²) in [4.78, 5) is 10.3. The van der Waals surface area contributed by atoms with E-state index in [4.69, 9.17) is 10.5 Å². The van der Waals surface area contributed by atoms with Gasteiger partial charge in [-0.25, -0.2) is 4.98 Å². The first-order chi connectivity index (χ1) is 6.69. The molecule has 1 aromatic rings. The van der Waals surface area contributed by atoms with Crippen LogP contribution in [-0.2, 0) is 0 Å². The third-order valence-electron chi connectivity index (χ3n) is 2.14. The van der Waals surface area contributed by atoms with Gasteiger partial charge in [-0.05, 0) is 6.92 Å². The number of aromatic nitrogens is 2. The summed E-state index contributed by atoms with van der Waals surface area (Å²) in [7, 11) is 3.49. The van der Waals surface area contributed by atoms with Crippen LogP contribution in [0.1, 0.15) is 6.92 Å². The van der Waals surface area contributed by atoms with E-state index in [1.165, 1.54) is 0 Å². The van der Waals surface area contributed by atoms with Gasteiger partial charge in [0.25, 0.3) is 0 Å². The minimum absolute atomic E-state index is 0.210. The highest BCUT2D eigenvalue weighted by Gasteiger charge is 2.10. The average Bonchev–Trinajstić information content (AvgIpc) is 2.27. The molecule has 5 heteroatoms. The van der Waals surface area contributed by atoms with Crippen molar-refractivity contribution in [1.82, 2.24) is 9.97 Å². The Bertz CT molecular complexity index is 292. The van der Waals surface area contributed by atoms with Crippen molar-refractivity contribution in [3.8, 4) is 5.88 Å². The van der Waals surface area contributed by atoms with E-state index in [0.717, 1.165) is 0 Å². The predicted molar refractivity (Wildman–Crippen MR) is 55.5 cm³/mol. The Kier molecular flexibility index (Phi) is 3.64. The molecule has 0 saturated heterocycles. The summed E-state index contributed by atoms with van der Waals surface area (Å²) >= 11 is 0. The number of nitrogens with zero attached hydrogens (tertiary/aromatic N) is 3. The van der Waals surface area contributed by atoms with Gasteiger partial charge in [-0.2, -0.15) is 4.98 Å². The number of nitrogens with two attached hydrogens (primary N) is 1. The van der Waals surface area contributed by atoms with Gasteiger partial charge < -0.3 is 15.4 Å². The molecular formula is C9H16N4O. The second-order valence-electron chi connectivity index (χ2n) is 3.09. The van der Waals surface area contributed by atoms with Crippen molar-refractivity contribution in [3.63, 3.8) is 0 Å². The zero-order valence-corrected chi connectivity index (χ0v) is 8.77. The van der Waals surface area contributed by atoms with Crippen LogP contribution in [0.3, 0.4) is 0 Å². The summed E-state index contributed by atoms with van der Waals surface area (Å²) in [6.07, 6.45) is 1.67. The molecule has 14 heavy (non-hydrogen) atoms. The van der Waals surface area contributed by atoms with E-state index in [0.29, 0.717) is 18.4 Å². The standard InChI is InChI=1S/C9H16N4O/c1-7(6-10)13(2)9-11-5-4-8(12-9)14-3/h4-5,7H,6,10H2,1-3H3. The number of ether oxygens (including phenoxy) is 1. The lowest BCUT2D eigenvalue weighted by atomic mass is 10.3. The van der Waals surface area contributed by atoms with Gasteiger partial charge in [0.05, 0.1) is 7.11 Å². The van der Waals surface area contributed by atoms with Gasteiger partial charge in [0.2, 0.25) is 11.8 Å². The lowest BCUT2D eigenvalue weighted by Crippen LogP contribution is -2.36. The third-order valence-corrected chi connectivity index (χ3v) is 2.14. The van der Waals surface area contributed by atoms with E-state index in [1.807, 2.05) is 18.9 Å². The van der Waals surface area contributed by atoms with E-state index in [1.54, 1.807) is 19.4 Å². The molecule has 0 spiro atoms. The Morgan fingerprint density at radius 2 is 2.36 bits per heavy atom.